The van der Waals surface area contributed by atoms with E-state index in [9.17, 15) is 0 Å². The Morgan fingerprint density at radius 2 is 0.774 bits per heavy atom. The SMILES string of the molecule is CCCCCCCCCCC[P+](c1ccccc1)(c1ccccc1)c1ccccc1.[Cl-]. The molecule has 0 heterocycles. The van der Waals surface area contributed by atoms with E-state index in [1.807, 2.05) is 0 Å². The first-order valence-corrected chi connectivity index (χ1v) is 13.9. The third-order valence-corrected chi connectivity index (χ3v) is 10.7. The fourth-order valence-corrected chi connectivity index (χ4v) is 8.95. The molecule has 0 fully saturated rings. The molecule has 0 aliphatic rings. The molecule has 0 N–H and O–H groups in total. The number of hydrogen-bond acceptors (Lipinski definition) is 0. The Bertz CT molecular complexity index is 720. The maximum absolute atomic E-state index is 2.36. The summed E-state index contributed by atoms with van der Waals surface area (Å²) in [7, 11) is -1.62. The zero-order valence-electron chi connectivity index (χ0n) is 19.1. The Labute approximate surface area is 197 Å². The van der Waals surface area contributed by atoms with Gasteiger partial charge in [0.2, 0.25) is 0 Å². The Balaban J connectivity index is 0.00000341. The molecule has 31 heavy (non-hydrogen) atoms. The van der Waals surface area contributed by atoms with Crippen LogP contribution in [0.4, 0.5) is 0 Å². The average Bonchev–Trinajstić information content (AvgIpc) is 2.82. The van der Waals surface area contributed by atoms with Crippen LogP contribution in [0.25, 0.3) is 0 Å². The van der Waals surface area contributed by atoms with Gasteiger partial charge in [-0.15, -0.1) is 0 Å². The summed E-state index contributed by atoms with van der Waals surface area (Å²) in [5.41, 5.74) is 0. The van der Waals surface area contributed by atoms with E-state index in [2.05, 4.69) is 97.9 Å². The van der Waals surface area contributed by atoms with Crippen LogP contribution in [0.1, 0.15) is 64.7 Å². The van der Waals surface area contributed by atoms with Gasteiger partial charge in [0.1, 0.15) is 23.2 Å². The van der Waals surface area contributed by atoms with E-state index in [-0.39, 0.29) is 12.4 Å². The zero-order chi connectivity index (χ0) is 20.9. The molecule has 2 heteroatoms. The summed E-state index contributed by atoms with van der Waals surface area (Å²) in [5.74, 6) is 0. The summed E-state index contributed by atoms with van der Waals surface area (Å²) in [6.45, 7) is 2.29. The zero-order valence-corrected chi connectivity index (χ0v) is 20.7. The third-order valence-electron chi connectivity index (χ3n) is 6.19. The highest BCUT2D eigenvalue weighted by Crippen LogP contribution is 2.55. The lowest BCUT2D eigenvalue weighted by Crippen LogP contribution is -3.00. The highest BCUT2D eigenvalue weighted by molar-refractivity contribution is 7.95. The van der Waals surface area contributed by atoms with Crippen molar-refractivity contribution < 1.29 is 12.4 Å². The van der Waals surface area contributed by atoms with Crippen molar-refractivity contribution in [3.63, 3.8) is 0 Å². The van der Waals surface area contributed by atoms with E-state index < -0.39 is 7.26 Å². The normalized spacial score (nSPS) is 11.1. The van der Waals surface area contributed by atoms with Gasteiger partial charge < -0.3 is 12.4 Å². The first-order valence-electron chi connectivity index (χ1n) is 11.9. The van der Waals surface area contributed by atoms with Gasteiger partial charge in [-0.3, -0.25) is 0 Å². The second-order valence-electron chi connectivity index (χ2n) is 8.37. The lowest BCUT2D eigenvalue weighted by Gasteiger charge is -2.27. The molecule has 0 aliphatic carbocycles. The summed E-state index contributed by atoms with van der Waals surface area (Å²) in [5, 5.41) is 4.55. The fraction of sp³-hybridized carbons (Fsp3) is 0.379. The topological polar surface area (TPSA) is 0 Å². The molecule has 0 saturated heterocycles. The molecule has 0 atom stereocenters. The van der Waals surface area contributed by atoms with Gasteiger partial charge in [0.25, 0.3) is 0 Å². The Morgan fingerprint density at radius 1 is 0.452 bits per heavy atom. The lowest BCUT2D eigenvalue weighted by molar-refractivity contribution is -0.00000609. The van der Waals surface area contributed by atoms with Crippen molar-refractivity contribution in [1.82, 2.24) is 0 Å². The molecular formula is C29H38ClP. The highest BCUT2D eigenvalue weighted by Gasteiger charge is 2.44. The molecule has 0 nitrogen and oxygen atoms in total. The molecule has 0 bridgehead atoms. The number of unbranched alkanes of at least 4 members (excludes halogenated alkanes) is 8. The molecule has 3 rings (SSSR count). The number of rotatable bonds is 13. The van der Waals surface area contributed by atoms with Crippen LogP contribution in [0.2, 0.25) is 0 Å². The first-order chi connectivity index (χ1) is 14.9. The van der Waals surface area contributed by atoms with Crippen LogP contribution in [0.3, 0.4) is 0 Å². The average molecular weight is 453 g/mol. The molecule has 0 radical (unpaired) electrons. The van der Waals surface area contributed by atoms with E-state index in [1.165, 1.54) is 79.9 Å². The van der Waals surface area contributed by atoms with Gasteiger partial charge in [-0.2, -0.15) is 0 Å². The van der Waals surface area contributed by atoms with Crippen LogP contribution >= 0.6 is 7.26 Å². The van der Waals surface area contributed by atoms with Crippen molar-refractivity contribution in [2.45, 2.75) is 64.7 Å². The second kappa shape index (κ2) is 14.4. The monoisotopic (exact) mass is 452 g/mol. The van der Waals surface area contributed by atoms with Gasteiger partial charge in [-0.05, 0) is 49.2 Å². The van der Waals surface area contributed by atoms with Crippen LogP contribution in [-0.2, 0) is 0 Å². The van der Waals surface area contributed by atoms with Crippen molar-refractivity contribution in [3.8, 4) is 0 Å². The van der Waals surface area contributed by atoms with E-state index in [4.69, 9.17) is 0 Å². The molecule has 166 valence electrons. The summed E-state index contributed by atoms with van der Waals surface area (Å²) in [6.07, 6.45) is 13.7. The minimum atomic E-state index is -1.62. The minimum absolute atomic E-state index is 0. The van der Waals surface area contributed by atoms with Crippen LogP contribution in [0.5, 0.6) is 0 Å². The number of halogens is 1. The van der Waals surface area contributed by atoms with Gasteiger partial charge in [0.05, 0.1) is 6.16 Å². The Kier molecular flexibility index (Phi) is 11.9. The molecule has 0 saturated carbocycles. The van der Waals surface area contributed by atoms with E-state index >= 15 is 0 Å². The number of benzene rings is 3. The highest BCUT2D eigenvalue weighted by atomic mass is 35.5. The van der Waals surface area contributed by atoms with E-state index in [0.717, 1.165) is 0 Å². The van der Waals surface area contributed by atoms with Gasteiger partial charge in [0, 0.05) is 0 Å². The maximum atomic E-state index is 2.36. The van der Waals surface area contributed by atoms with Crippen molar-refractivity contribution in [1.29, 1.82) is 0 Å². The lowest BCUT2D eigenvalue weighted by atomic mass is 10.1. The van der Waals surface area contributed by atoms with Crippen LogP contribution in [-0.4, -0.2) is 6.16 Å². The standard InChI is InChI=1S/C29H38P.ClH/c1-2-3-4-5-6-7-8-9-19-26-30(27-20-13-10-14-21-27,28-22-15-11-16-23-28)29-24-17-12-18-25-29;/h10-18,20-25H,2-9,19,26H2,1H3;1H/q+1;/p-1. The van der Waals surface area contributed by atoms with Gasteiger partial charge in [-0.25, -0.2) is 0 Å². The smallest absolute Gasteiger partial charge is 0.112 e. The van der Waals surface area contributed by atoms with E-state index in [0.29, 0.717) is 0 Å². The number of hydrogen-bond donors (Lipinski definition) is 0. The molecule has 0 aromatic heterocycles. The molecule has 0 unspecified atom stereocenters. The molecular weight excluding hydrogens is 415 g/mol. The molecule has 0 aliphatic heterocycles. The summed E-state index contributed by atoms with van der Waals surface area (Å²) in [4.78, 5) is 0. The van der Waals surface area contributed by atoms with Crippen molar-refractivity contribution in [2.24, 2.45) is 0 Å². The van der Waals surface area contributed by atoms with Crippen molar-refractivity contribution >= 4 is 23.2 Å². The van der Waals surface area contributed by atoms with E-state index in [1.54, 1.807) is 0 Å². The van der Waals surface area contributed by atoms with Crippen LogP contribution < -0.4 is 28.3 Å². The predicted octanol–water partition coefficient (Wildman–Crippen LogP) is 4.52. The second-order valence-corrected chi connectivity index (χ2v) is 12.0. The summed E-state index contributed by atoms with van der Waals surface area (Å²) < 4.78 is 0. The Hall–Kier alpha value is -1.62. The third kappa shape index (κ3) is 7.20. The molecule has 3 aromatic carbocycles. The predicted molar refractivity (Wildman–Crippen MR) is 137 cm³/mol. The molecule has 0 spiro atoms. The molecule has 3 aromatic rings. The maximum Gasteiger partial charge on any atom is 0.112 e. The molecule has 0 amide bonds. The van der Waals surface area contributed by atoms with Gasteiger partial charge in [0.15, 0.2) is 0 Å². The van der Waals surface area contributed by atoms with Crippen LogP contribution in [0.15, 0.2) is 91.0 Å². The summed E-state index contributed by atoms with van der Waals surface area (Å²) >= 11 is 0. The quantitative estimate of drug-likeness (QED) is 0.264. The van der Waals surface area contributed by atoms with Crippen LogP contribution in [0, 0.1) is 0 Å². The summed E-state index contributed by atoms with van der Waals surface area (Å²) in [6, 6.07) is 33.9. The Morgan fingerprint density at radius 3 is 1.13 bits per heavy atom. The van der Waals surface area contributed by atoms with Gasteiger partial charge in [-0.1, -0.05) is 106 Å². The van der Waals surface area contributed by atoms with Gasteiger partial charge >= 0.3 is 0 Å². The first kappa shape index (κ1) is 25.6. The van der Waals surface area contributed by atoms with Crippen molar-refractivity contribution in [2.75, 3.05) is 6.16 Å². The largest absolute Gasteiger partial charge is 1.00 e. The van der Waals surface area contributed by atoms with Crippen molar-refractivity contribution in [3.05, 3.63) is 91.0 Å². The minimum Gasteiger partial charge on any atom is -1.00 e. The fourth-order valence-electron chi connectivity index (χ4n) is 4.54.